The van der Waals surface area contributed by atoms with E-state index in [2.05, 4.69) is 46.7 Å². The Morgan fingerprint density at radius 2 is 1.96 bits per heavy atom. The molecule has 2 atom stereocenters. The Balaban J connectivity index is 1.61. The SMILES string of the molecule is CCC1CCc2c(sc3c2C(=O)NC(c2ccc(N(C)C)cc2)N3)C1. The van der Waals surface area contributed by atoms with Gasteiger partial charge in [-0.05, 0) is 48.4 Å². The Hall–Kier alpha value is -2.01. The lowest BCUT2D eigenvalue weighted by molar-refractivity contribution is 0.0935. The number of anilines is 2. The number of nitrogens with zero attached hydrogens (tertiary/aromatic N) is 1. The molecule has 132 valence electrons. The summed E-state index contributed by atoms with van der Waals surface area (Å²) in [4.78, 5) is 16.3. The highest BCUT2D eigenvalue weighted by Crippen LogP contribution is 2.43. The van der Waals surface area contributed by atoms with Gasteiger partial charge in [0.05, 0.1) is 5.56 Å². The second kappa shape index (κ2) is 6.37. The molecular weight excluding hydrogens is 330 g/mol. The molecule has 0 saturated carbocycles. The van der Waals surface area contributed by atoms with Gasteiger partial charge >= 0.3 is 0 Å². The zero-order chi connectivity index (χ0) is 17.6. The zero-order valence-electron chi connectivity index (χ0n) is 15.1. The van der Waals surface area contributed by atoms with Crippen LogP contribution in [0, 0.1) is 5.92 Å². The Kier molecular flexibility index (Phi) is 4.20. The fourth-order valence-corrected chi connectivity index (χ4v) is 5.23. The van der Waals surface area contributed by atoms with Crippen LogP contribution in [0.25, 0.3) is 0 Å². The molecule has 4 nitrogen and oxygen atoms in total. The molecule has 1 amide bonds. The summed E-state index contributed by atoms with van der Waals surface area (Å²) >= 11 is 1.79. The second-order valence-electron chi connectivity index (χ2n) is 7.26. The average molecular weight is 356 g/mol. The summed E-state index contributed by atoms with van der Waals surface area (Å²) in [5, 5.41) is 7.75. The third-order valence-corrected chi connectivity index (χ3v) is 6.65. The van der Waals surface area contributed by atoms with E-state index in [0.717, 1.165) is 40.6 Å². The first kappa shape index (κ1) is 16.5. The van der Waals surface area contributed by atoms with Crippen LogP contribution in [0.2, 0.25) is 0 Å². The van der Waals surface area contributed by atoms with E-state index in [1.165, 1.54) is 23.3 Å². The monoisotopic (exact) mass is 355 g/mol. The Morgan fingerprint density at radius 3 is 2.64 bits per heavy atom. The lowest BCUT2D eigenvalue weighted by atomic mass is 9.85. The van der Waals surface area contributed by atoms with E-state index >= 15 is 0 Å². The minimum absolute atomic E-state index is 0.0721. The lowest BCUT2D eigenvalue weighted by Crippen LogP contribution is -2.38. The van der Waals surface area contributed by atoms with Crippen molar-refractivity contribution < 1.29 is 4.79 Å². The van der Waals surface area contributed by atoms with E-state index in [1.807, 2.05) is 14.1 Å². The number of nitrogens with one attached hydrogen (secondary N) is 2. The maximum absolute atomic E-state index is 12.8. The molecule has 0 saturated heterocycles. The van der Waals surface area contributed by atoms with E-state index in [-0.39, 0.29) is 12.1 Å². The van der Waals surface area contributed by atoms with Crippen molar-refractivity contribution in [1.82, 2.24) is 5.32 Å². The van der Waals surface area contributed by atoms with Crippen molar-refractivity contribution in [2.45, 2.75) is 38.8 Å². The highest BCUT2D eigenvalue weighted by atomic mass is 32.1. The van der Waals surface area contributed by atoms with Gasteiger partial charge in [0.2, 0.25) is 0 Å². The van der Waals surface area contributed by atoms with Crippen LogP contribution in [0.5, 0.6) is 0 Å². The number of fused-ring (bicyclic) bond motifs is 3. The van der Waals surface area contributed by atoms with Gasteiger partial charge in [0.1, 0.15) is 11.2 Å². The van der Waals surface area contributed by atoms with Gasteiger partial charge in [0, 0.05) is 24.7 Å². The van der Waals surface area contributed by atoms with Crippen molar-refractivity contribution in [2.75, 3.05) is 24.3 Å². The van der Waals surface area contributed by atoms with E-state index in [4.69, 9.17) is 0 Å². The van der Waals surface area contributed by atoms with Crippen molar-refractivity contribution in [3.8, 4) is 0 Å². The first-order valence-electron chi connectivity index (χ1n) is 9.06. The van der Waals surface area contributed by atoms with E-state index < -0.39 is 0 Å². The molecule has 1 aromatic carbocycles. The number of thiophene rings is 1. The maximum Gasteiger partial charge on any atom is 0.256 e. The van der Waals surface area contributed by atoms with Crippen molar-refractivity contribution in [1.29, 1.82) is 0 Å². The average Bonchev–Trinajstić information content (AvgIpc) is 2.99. The van der Waals surface area contributed by atoms with Crippen LogP contribution in [0.1, 0.15) is 52.3 Å². The van der Waals surface area contributed by atoms with E-state index in [1.54, 1.807) is 11.3 Å². The second-order valence-corrected chi connectivity index (χ2v) is 8.37. The molecule has 25 heavy (non-hydrogen) atoms. The van der Waals surface area contributed by atoms with Crippen LogP contribution in [-0.4, -0.2) is 20.0 Å². The molecule has 1 aromatic heterocycles. The maximum atomic E-state index is 12.8. The van der Waals surface area contributed by atoms with Gasteiger partial charge < -0.3 is 15.5 Å². The van der Waals surface area contributed by atoms with Gasteiger partial charge in [-0.3, -0.25) is 4.79 Å². The number of carbonyl (C=O) groups is 1. The normalized spacial score (nSPS) is 21.8. The molecule has 2 heterocycles. The number of hydrogen-bond donors (Lipinski definition) is 2. The third kappa shape index (κ3) is 2.91. The highest BCUT2D eigenvalue weighted by molar-refractivity contribution is 7.16. The fourth-order valence-electron chi connectivity index (χ4n) is 3.85. The lowest BCUT2D eigenvalue weighted by Gasteiger charge is -2.27. The largest absolute Gasteiger partial charge is 0.378 e. The minimum atomic E-state index is -0.154. The molecule has 2 aromatic rings. The first-order chi connectivity index (χ1) is 12.1. The third-order valence-electron chi connectivity index (χ3n) is 5.47. The Labute approximate surface area is 153 Å². The van der Waals surface area contributed by atoms with Crippen LogP contribution in [0.3, 0.4) is 0 Å². The minimum Gasteiger partial charge on any atom is -0.378 e. The van der Waals surface area contributed by atoms with Crippen molar-refractivity contribution in [3.05, 3.63) is 45.8 Å². The number of rotatable bonds is 3. The smallest absolute Gasteiger partial charge is 0.256 e. The van der Waals surface area contributed by atoms with Gasteiger partial charge in [-0.25, -0.2) is 0 Å². The molecule has 1 aliphatic carbocycles. The topological polar surface area (TPSA) is 44.4 Å². The number of amides is 1. The summed E-state index contributed by atoms with van der Waals surface area (Å²) < 4.78 is 0. The van der Waals surface area contributed by atoms with Gasteiger partial charge in [-0.1, -0.05) is 25.5 Å². The molecule has 2 unspecified atom stereocenters. The molecule has 2 aliphatic rings. The van der Waals surface area contributed by atoms with Crippen molar-refractivity contribution in [2.24, 2.45) is 5.92 Å². The summed E-state index contributed by atoms with van der Waals surface area (Å²) in [7, 11) is 4.06. The Bertz CT molecular complexity index is 794. The summed E-state index contributed by atoms with van der Waals surface area (Å²) in [6, 6.07) is 8.34. The molecule has 0 radical (unpaired) electrons. The standard InChI is InChI=1S/C20H25N3OS/c1-4-12-5-10-15-16(11-12)25-20-17(15)19(24)21-18(22-20)13-6-8-14(9-7-13)23(2)3/h6-9,12,18,22H,4-5,10-11H2,1-3H3,(H,21,24). The predicted molar refractivity (Wildman–Crippen MR) is 105 cm³/mol. The van der Waals surface area contributed by atoms with Gasteiger partial charge in [-0.2, -0.15) is 0 Å². The van der Waals surface area contributed by atoms with Crippen LogP contribution < -0.4 is 15.5 Å². The first-order valence-corrected chi connectivity index (χ1v) is 9.87. The molecule has 5 heteroatoms. The van der Waals surface area contributed by atoms with Crippen molar-refractivity contribution in [3.63, 3.8) is 0 Å². The molecule has 1 aliphatic heterocycles. The molecule has 4 rings (SSSR count). The van der Waals surface area contributed by atoms with Gasteiger partial charge in [0.15, 0.2) is 0 Å². The van der Waals surface area contributed by atoms with Gasteiger partial charge in [-0.15, -0.1) is 11.3 Å². The zero-order valence-corrected chi connectivity index (χ0v) is 15.9. The van der Waals surface area contributed by atoms with Crippen LogP contribution in [-0.2, 0) is 12.8 Å². The van der Waals surface area contributed by atoms with Crippen LogP contribution in [0.4, 0.5) is 10.7 Å². The van der Waals surface area contributed by atoms with Crippen LogP contribution >= 0.6 is 11.3 Å². The summed E-state index contributed by atoms with van der Waals surface area (Å²) in [5.41, 5.74) is 4.43. The molecular formula is C20H25N3OS. The Morgan fingerprint density at radius 1 is 1.20 bits per heavy atom. The quantitative estimate of drug-likeness (QED) is 0.868. The summed E-state index contributed by atoms with van der Waals surface area (Å²) in [6.07, 6.45) is 4.44. The number of benzene rings is 1. The van der Waals surface area contributed by atoms with Crippen molar-refractivity contribution >= 4 is 27.9 Å². The van der Waals surface area contributed by atoms with E-state index in [9.17, 15) is 4.79 Å². The summed E-state index contributed by atoms with van der Waals surface area (Å²) in [5.74, 6) is 0.841. The molecule has 0 fully saturated rings. The van der Waals surface area contributed by atoms with Crippen LogP contribution in [0.15, 0.2) is 24.3 Å². The summed E-state index contributed by atoms with van der Waals surface area (Å²) in [6.45, 7) is 2.27. The number of hydrogen-bond acceptors (Lipinski definition) is 4. The van der Waals surface area contributed by atoms with E-state index in [0.29, 0.717) is 0 Å². The highest BCUT2D eigenvalue weighted by Gasteiger charge is 2.33. The predicted octanol–water partition coefficient (Wildman–Crippen LogP) is 4.18. The molecule has 0 bridgehead atoms. The van der Waals surface area contributed by atoms with Gasteiger partial charge in [0.25, 0.3) is 5.91 Å². The molecule has 0 spiro atoms. The molecule has 2 N–H and O–H groups in total. The fraction of sp³-hybridized carbons (Fsp3) is 0.450. The number of carbonyl (C=O) groups excluding carboxylic acids is 1.